The first kappa shape index (κ1) is 23.7. The van der Waals surface area contributed by atoms with Crippen LogP contribution >= 0.6 is 35.6 Å². The summed E-state index contributed by atoms with van der Waals surface area (Å²) in [6, 6.07) is 17.5. The molecule has 148 valence electrons. The zero-order valence-corrected chi connectivity index (χ0v) is 18.5. The lowest BCUT2D eigenvalue weighted by molar-refractivity contribution is 0.0308. The molecule has 0 aliphatic rings. The molecule has 0 heterocycles. The van der Waals surface area contributed by atoms with E-state index >= 15 is 0 Å². The van der Waals surface area contributed by atoms with Crippen LogP contribution in [0, 0.1) is 0 Å². The van der Waals surface area contributed by atoms with Crippen LogP contribution in [-0.4, -0.2) is 36.9 Å². The van der Waals surface area contributed by atoms with Gasteiger partial charge >= 0.3 is 0 Å². The van der Waals surface area contributed by atoms with Crippen LogP contribution in [0.2, 0.25) is 5.02 Å². The molecule has 2 aromatic rings. The van der Waals surface area contributed by atoms with Gasteiger partial charge in [-0.25, -0.2) is 4.99 Å². The van der Waals surface area contributed by atoms with Crippen LogP contribution in [0.1, 0.15) is 18.1 Å². The van der Waals surface area contributed by atoms with Crippen molar-refractivity contribution >= 4 is 41.5 Å². The van der Waals surface area contributed by atoms with Crippen LogP contribution in [0.25, 0.3) is 0 Å². The number of aliphatic hydroxyl groups excluding tert-OH is 1. The molecule has 0 saturated carbocycles. The number of guanidine groups is 1. The predicted molar refractivity (Wildman–Crippen MR) is 122 cm³/mol. The van der Waals surface area contributed by atoms with Crippen molar-refractivity contribution in [3.05, 3.63) is 70.7 Å². The number of nitrogens with one attached hydrogen (secondary N) is 2. The number of halogens is 2. The van der Waals surface area contributed by atoms with E-state index in [-0.39, 0.29) is 30.6 Å². The first-order valence-electron chi connectivity index (χ1n) is 8.74. The highest BCUT2D eigenvalue weighted by molar-refractivity contribution is 14.0. The summed E-state index contributed by atoms with van der Waals surface area (Å²) in [4.78, 5) is 4.50. The van der Waals surface area contributed by atoms with Gasteiger partial charge in [0.05, 0.1) is 25.9 Å². The van der Waals surface area contributed by atoms with Gasteiger partial charge in [-0.1, -0.05) is 60.1 Å². The Kier molecular flexibility index (Phi) is 12.1. The van der Waals surface area contributed by atoms with Gasteiger partial charge in [-0.05, 0) is 24.1 Å². The first-order valence-corrected chi connectivity index (χ1v) is 9.12. The van der Waals surface area contributed by atoms with Crippen LogP contribution in [0.3, 0.4) is 0 Å². The molecule has 3 N–H and O–H groups in total. The Hall–Kier alpha value is -1.35. The third-order valence-corrected chi connectivity index (χ3v) is 4.01. The molecule has 0 aliphatic carbocycles. The molecule has 2 aromatic carbocycles. The van der Waals surface area contributed by atoms with Gasteiger partial charge in [0.2, 0.25) is 0 Å². The third kappa shape index (κ3) is 9.41. The molecule has 0 aromatic heterocycles. The number of hydrogen-bond acceptors (Lipinski definition) is 3. The van der Waals surface area contributed by atoms with Crippen molar-refractivity contribution in [2.75, 3.05) is 19.7 Å². The average Bonchev–Trinajstić information content (AvgIpc) is 2.66. The Labute approximate surface area is 183 Å². The van der Waals surface area contributed by atoms with Crippen LogP contribution < -0.4 is 10.6 Å². The van der Waals surface area contributed by atoms with E-state index < -0.39 is 6.10 Å². The topological polar surface area (TPSA) is 65.9 Å². The molecule has 0 bridgehead atoms. The second-order valence-corrected chi connectivity index (χ2v) is 6.23. The lowest BCUT2D eigenvalue weighted by Gasteiger charge is -2.15. The lowest BCUT2D eigenvalue weighted by atomic mass is 10.2. The molecule has 7 heteroatoms. The van der Waals surface area contributed by atoms with Crippen molar-refractivity contribution in [2.24, 2.45) is 4.99 Å². The van der Waals surface area contributed by atoms with Gasteiger partial charge in [0.15, 0.2) is 5.96 Å². The summed E-state index contributed by atoms with van der Waals surface area (Å²) in [6.45, 7) is 4.28. The maximum Gasteiger partial charge on any atom is 0.191 e. The lowest BCUT2D eigenvalue weighted by Crippen LogP contribution is -2.42. The molecule has 0 aliphatic heterocycles. The fourth-order valence-corrected chi connectivity index (χ4v) is 2.49. The van der Waals surface area contributed by atoms with Crippen molar-refractivity contribution in [1.82, 2.24) is 10.6 Å². The molecule has 1 unspecified atom stereocenters. The third-order valence-electron chi connectivity index (χ3n) is 3.64. The van der Waals surface area contributed by atoms with Gasteiger partial charge in [0.25, 0.3) is 0 Å². The van der Waals surface area contributed by atoms with E-state index in [0.29, 0.717) is 30.7 Å². The van der Waals surface area contributed by atoms with Gasteiger partial charge < -0.3 is 20.5 Å². The van der Waals surface area contributed by atoms with E-state index in [1.54, 1.807) is 0 Å². The van der Waals surface area contributed by atoms with Crippen molar-refractivity contribution in [1.29, 1.82) is 0 Å². The van der Waals surface area contributed by atoms with Gasteiger partial charge in [0, 0.05) is 18.1 Å². The summed E-state index contributed by atoms with van der Waals surface area (Å²) < 4.78 is 5.55. The van der Waals surface area contributed by atoms with Crippen LogP contribution in [-0.2, 0) is 17.9 Å². The average molecular weight is 504 g/mol. The summed E-state index contributed by atoms with van der Waals surface area (Å²) in [5, 5.41) is 17.1. The smallest absolute Gasteiger partial charge is 0.191 e. The normalized spacial score (nSPS) is 12.2. The van der Waals surface area contributed by atoms with Crippen molar-refractivity contribution in [3.8, 4) is 0 Å². The first-order chi connectivity index (χ1) is 12.7. The molecular weight excluding hydrogens is 477 g/mol. The van der Waals surface area contributed by atoms with E-state index in [1.165, 1.54) is 0 Å². The number of benzene rings is 2. The molecule has 0 radical (unpaired) electrons. The van der Waals surface area contributed by atoms with Crippen LogP contribution in [0.15, 0.2) is 59.6 Å². The van der Waals surface area contributed by atoms with Crippen molar-refractivity contribution in [2.45, 2.75) is 26.2 Å². The van der Waals surface area contributed by atoms with E-state index in [2.05, 4.69) is 15.6 Å². The Morgan fingerprint density at radius 1 is 1.11 bits per heavy atom. The van der Waals surface area contributed by atoms with E-state index in [1.807, 2.05) is 61.5 Å². The minimum absolute atomic E-state index is 0. The largest absolute Gasteiger partial charge is 0.389 e. The number of ether oxygens (including phenoxy) is 1. The molecule has 0 saturated heterocycles. The second kappa shape index (κ2) is 13.8. The summed E-state index contributed by atoms with van der Waals surface area (Å²) in [5.74, 6) is 0.634. The highest BCUT2D eigenvalue weighted by Crippen LogP contribution is 2.15. The minimum Gasteiger partial charge on any atom is -0.389 e. The maximum absolute atomic E-state index is 10.1. The van der Waals surface area contributed by atoms with Gasteiger partial charge in [-0.3, -0.25) is 0 Å². The molecule has 0 fully saturated rings. The van der Waals surface area contributed by atoms with Crippen LogP contribution in [0.5, 0.6) is 0 Å². The number of rotatable bonds is 9. The SMILES string of the molecule is CCNC(=NCc1ccccc1Cl)NCC(O)COCc1ccccc1.I. The Morgan fingerprint density at radius 2 is 1.81 bits per heavy atom. The Bertz CT molecular complexity index is 686. The fourth-order valence-electron chi connectivity index (χ4n) is 2.29. The summed E-state index contributed by atoms with van der Waals surface area (Å²) >= 11 is 6.15. The number of nitrogens with zero attached hydrogens (tertiary/aromatic N) is 1. The van der Waals surface area contributed by atoms with E-state index in [9.17, 15) is 5.11 Å². The summed E-state index contributed by atoms with van der Waals surface area (Å²) in [7, 11) is 0. The highest BCUT2D eigenvalue weighted by atomic mass is 127. The van der Waals surface area contributed by atoms with E-state index in [0.717, 1.165) is 17.7 Å². The van der Waals surface area contributed by atoms with E-state index in [4.69, 9.17) is 16.3 Å². The predicted octanol–water partition coefficient (Wildman–Crippen LogP) is 3.59. The highest BCUT2D eigenvalue weighted by Gasteiger charge is 2.07. The Balaban J connectivity index is 0.00000364. The monoisotopic (exact) mass is 503 g/mol. The second-order valence-electron chi connectivity index (χ2n) is 5.82. The number of aliphatic hydroxyl groups is 1. The Morgan fingerprint density at radius 3 is 2.52 bits per heavy atom. The summed E-state index contributed by atoms with van der Waals surface area (Å²) in [5.41, 5.74) is 2.04. The minimum atomic E-state index is -0.622. The number of aliphatic imine (C=N–C) groups is 1. The molecular formula is C20H27ClIN3O2. The van der Waals surface area contributed by atoms with Gasteiger partial charge in [-0.2, -0.15) is 0 Å². The molecule has 27 heavy (non-hydrogen) atoms. The molecule has 0 spiro atoms. The quantitative estimate of drug-likeness (QED) is 0.278. The maximum atomic E-state index is 10.1. The molecule has 5 nitrogen and oxygen atoms in total. The summed E-state index contributed by atoms with van der Waals surface area (Å²) in [6.07, 6.45) is -0.622. The zero-order valence-electron chi connectivity index (χ0n) is 15.4. The number of hydrogen-bond donors (Lipinski definition) is 3. The molecule has 1 atom stereocenters. The molecule has 0 amide bonds. The fraction of sp³-hybridized carbons (Fsp3) is 0.350. The zero-order chi connectivity index (χ0) is 18.6. The van der Waals surface area contributed by atoms with Crippen molar-refractivity contribution in [3.63, 3.8) is 0 Å². The van der Waals surface area contributed by atoms with Crippen molar-refractivity contribution < 1.29 is 9.84 Å². The van der Waals surface area contributed by atoms with Crippen LogP contribution in [0.4, 0.5) is 0 Å². The van der Waals surface area contributed by atoms with Gasteiger partial charge in [0.1, 0.15) is 0 Å². The van der Waals surface area contributed by atoms with Gasteiger partial charge in [-0.15, -0.1) is 24.0 Å². The standard InChI is InChI=1S/C20H26ClN3O2.HI/c1-2-22-20(23-12-17-10-6-7-11-19(17)21)24-13-18(25)15-26-14-16-8-4-3-5-9-16;/h3-11,18,25H,2,12-15H2,1H3,(H2,22,23,24);1H. The molecule has 2 rings (SSSR count).